The van der Waals surface area contributed by atoms with Crippen molar-refractivity contribution in [3.63, 3.8) is 0 Å². The molecule has 0 aliphatic heterocycles. The van der Waals surface area contributed by atoms with Crippen LogP contribution in [0.4, 0.5) is 5.69 Å². The molecule has 0 bridgehead atoms. The van der Waals surface area contributed by atoms with Crippen LogP contribution in [0.25, 0.3) is 16.9 Å². The molecule has 0 amide bonds. The second-order valence-electron chi connectivity index (χ2n) is 4.82. The van der Waals surface area contributed by atoms with Gasteiger partial charge in [0, 0.05) is 23.1 Å². The zero-order chi connectivity index (χ0) is 14.4. The molecule has 0 radical (unpaired) electrons. The van der Waals surface area contributed by atoms with E-state index in [9.17, 15) is 0 Å². The molecule has 0 aliphatic carbocycles. The fourth-order valence-corrected chi connectivity index (χ4v) is 2.67. The van der Waals surface area contributed by atoms with Crippen molar-refractivity contribution in [1.82, 2.24) is 9.38 Å². The molecule has 0 saturated carbocycles. The summed E-state index contributed by atoms with van der Waals surface area (Å²) in [7, 11) is 0. The fourth-order valence-electron chi connectivity index (χ4n) is 2.37. The van der Waals surface area contributed by atoms with Gasteiger partial charge < -0.3 is 10.1 Å². The van der Waals surface area contributed by atoms with E-state index in [-0.39, 0.29) is 0 Å². The molecule has 2 heterocycles. The van der Waals surface area contributed by atoms with Crippen molar-refractivity contribution in [3.8, 4) is 11.3 Å². The van der Waals surface area contributed by atoms with E-state index in [1.807, 2.05) is 42.6 Å². The number of imidazole rings is 1. The molecule has 5 heteroatoms. The van der Waals surface area contributed by atoms with Gasteiger partial charge in [-0.25, -0.2) is 4.98 Å². The van der Waals surface area contributed by atoms with Gasteiger partial charge in [-0.15, -0.1) is 0 Å². The van der Waals surface area contributed by atoms with Gasteiger partial charge in [-0.3, -0.25) is 0 Å². The first-order valence-corrected chi connectivity index (χ1v) is 6.93. The number of hydrogen-bond acceptors (Lipinski definition) is 2. The van der Waals surface area contributed by atoms with E-state index in [0.29, 0.717) is 10.0 Å². The second kappa shape index (κ2) is 4.69. The highest BCUT2D eigenvalue weighted by Gasteiger charge is 2.13. The summed E-state index contributed by atoms with van der Waals surface area (Å²) >= 11 is 12.0. The number of anilines is 1. The summed E-state index contributed by atoms with van der Waals surface area (Å²) in [6.07, 6.45) is 1.88. The Morgan fingerprint density at radius 1 is 1.10 bits per heavy atom. The molecule has 3 rings (SSSR count). The molecular weight excluding hydrogens is 293 g/mol. The highest BCUT2D eigenvalue weighted by molar-refractivity contribution is 6.42. The Bertz CT molecular complexity index is 822. The van der Waals surface area contributed by atoms with Crippen LogP contribution in [0.3, 0.4) is 0 Å². The van der Waals surface area contributed by atoms with Gasteiger partial charge in [-0.1, -0.05) is 29.3 Å². The SMILES string of the molecule is Cc1cc(N)cn2c(C)c(-c3ccc(Cl)c(Cl)c3)nc12. The maximum atomic E-state index is 6.08. The molecule has 0 fully saturated rings. The van der Waals surface area contributed by atoms with Crippen molar-refractivity contribution in [1.29, 1.82) is 0 Å². The van der Waals surface area contributed by atoms with E-state index in [2.05, 4.69) is 0 Å². The second-order valence-corrected chi connectivity index (χ2v) is 5.64. The lowest BCUT2D eigenvalue weighted by molar-refractivity contribution is 1.10. The number of hydrogen-bond donors (Lipinski definition) is 1. The van der Waals surface area contributed by atoms with Crippen LogP contribution in [-0.4, -0.2) is 9.38 Å². The van der Waals surface area contributed by atoms with Crippen molar-refractivity contribution >= 4 is 34.5 Å². The fraction of sp³-hybridized carbons (Fsp3) is 0.133. The first-order valence-electron chi connectivity index (χ1n) is 6.17. The van der Waals surface area contributed by atoms with Crippen LogP contribution < -0.4 is 5.73 Å². The maximum Gasteiger partial charge on any atom is 0.140 e. The van der Waals surface area contributed by atoms with Crippen molar-refractivity contribution in [2.24, 2.45) is 0 Å². The van der Waals surface area contributed by atoms with Crippen LogP contribution in [-0.2, 0) is 0 Å². The molecule has 0 saturated heterocycles. The lowest BCUT2D eigenvalue weighted by Crippen LogP contribution is -1.94. The number of fused-ring (bicyclic) bond motifs is 1. The summed E-state index contributed by atoms with van der Waals surface area (Å²) in [6.45, 7) is 4.01. The van der Waals surface area contributed by atoms with Crippen LogP contribution in [0.5, 0.6) is 0 Å². The van der Waals surface area contributed by atoms with Crippen LogP contribution in [0, 0.1) is 13.8 Å². The predicted octanol–water partition coefficient (Wildman–Crippen LogP) is 4.51. The van der Waals surface area contributed by atoms with Crippen LogP contribution >= 0.6 is 23.2 Å². The average Bonchev–Trinajstić information content (AvgIpc) is 2.71. The summed E-state index contributed by atoms with van der Waals surface area (Å²) < 4.78 is 2.00. The Labute approximate surface area is 127 Å². The molecule has 0 atom stereocenters. The van der Waals surface area contributed by atoms with Crippen molar-refractivity contribution in [2.45, 2.75) is 13.8 Å². The van der Waals surface area contributed by atoms with Gasteiger partial charge in [0.15, 0.2) is 0 Å². The summed E-state index contributed by atoms with van der Waals surface area (Å²) in [5.41, 5.74) is 11.4. The minimum atomic E-state index is 0.525. The number of nitrogens with zero attached hydrogens (tertiary/aromatic N) is 2. The van der Waals surface area contributed by atoms with Crippen LogP contribution in [0.1, 0.15) is 11.3 Å². The third-order valence-corrected chi connectivity index (χ3v) is 4.10. The van der Waals surface area contributed by atoms with Crippen molar-refractivity contribution in [3.05, 3.63) is 51.8 Å². The van der Waals surface area contributed by atoms with Crippen LogP contribution in [0.2, 0.25) is 10.0 Å². The van der Waals surface area contributed by atoms with Gasteiger partial charge in [0.1, 0.15) is 5.65 Å². The standard InChI is InChI=1S/C15H13Cl2N3/c1-8-5-11(18)7-20-9(2)14(19-15(8)20)10-3-4-12(16)13(17)6-10/h3-7H,18H2,1-2H3. The maximum absolute atomic E-state index is 6.08. The van der Waals surface area contributed by atoms with Gasteiger partial charge in [-0.2, -0.15) is 0 Å². The number of halogens is 2. The highest BCUT2D eigenvalue weighted by atomic mass is 35.5. The Morgan fingerprint density at radius 2 is 1.85 bits per heavy atom. The summed E-state index contributed by atoms with van der Waals surface area (Å²) in [6, 6.07) is 7.45. The lowest BCUT2D eigenvalue weighted by atomic mass is 10.1. The predicted molar refractivity (Wildman–Crippen MR) is 84.5 cm³/mol. The number of aromatic nitrogens is 2. The van der Waals surface area contributed by atoms with Gasteiger partial charge in [0.25, 0.3) is 0 Å². The number of nitrogens with two attached hydrogens (primary N) is 1. The van der Waals surface area contributed by atoms with E-state index in [1.165, 1.54) is 0 Å². The third-order valence-electron chi connectivity index (χ3n) is 3.36. The van der Waals surface area contributed by atoms with Crippen molar-refractivity contribution < 1.29 is 0 Å². The topological polar surface area (TPSA) is 43.3 Å². The Kier molecular flexibility index (Phi) is 3.11. The third kappa shape index (κ3) is 2.03. The minimum absolute atomic E-state index is 0.525. The van der Waals surface area contributed by atoms with Crippen LogP contribution in [0.15, 0.2) is 30.5 Å². The normalized spacial score (nSPS) is 11.2. The summed E-state index contributed by atoms with van der Waals surface area (Å²) in [5.74, 6) is 0. The first kappa shape index (κ1) is 13.3. The largest absolute Gasteiger partial charge is 0.398 e. The number of rotatable bonds is 1. The smallest absolute Gasteiger partial charge is 0.140 e. The van der Waals surface area contributed by atoms with E-state index >= 15 is 0 Å². The summed E-state index contributed by atoms with van der Waals surface area (Å²) in [4.78, 5) is 4.70. The molecular formula is C15H13Cl2N3. The monoisotopic (exact) mass is 305 g/mol. The average molecular weight is 306 g/mol. The summed E-state index contributed by atoms with van der Waals surface area (Å²) in [5, 5.41) is 1.06. The zero-order valence-corrected chi connectivity index (χ0v) is 12.6. The first-order chi connectivity index (χ1) is 9.47. The Hall–Kier alpha value is -1.71. The van der Waals surface area contributed by atoms with Gasteiger partial charge in [0.05, 0.1) is 15.7 Å². The minimum Gasteiger partial charge on any atom is -0.398 e. The highest BCUT2D eigenvalue weighted by Crippen LogP contribution is 2.31. The van der Waals surface area contributed by atoms with E-state index in [4.69, 9.17) is 33.9 Å². The zero-order valence-electron chi connectivity index (χ0n) is 11.1. The van der Waals surface area contributed by atoms with Crippen molar-refractivity contribution in [2.75, 3.05) is 5.73 Å². The number of aryl methyl sites for hydroxylation is 2. The molecule has 2 N–H and O–H groups in total. The van der Waals surface area contributed by atoms with E-state index in [1.54, 1.807) is 6.07 Å². The number of pyridine rings is 1. The number of benzene rings is 1. The molecule has 20 heavy (non-hydrogen) atoms. The van der Waals surface area contributed by atoms with E-state index in [0.717, 1.165) is 33.8 Å². The molecule has 0 spiro atoms. The van der Waals surface area contributed by atoms with E-state index < -0.39 is 0 Å². The van der Waals surface area contributed by atoms with Gasteiger partial charge in [-0.05, 0) is 37.6 Å². The Morgan fingerprint density at radius 3 is 2.55 bits per heavy atom. The molecule has 3 nitrogen and oxygen atoms in total. The molecule has 0 unspecified atom stereocenters. The molecule has 102 valence electrons. The number of nitrogen functional groups attached to an aromatic ring is 1. The van der Waals surface area contributed by atoms with Gasteiger partial charge >= 0.3 is 0 Å². The Balaban J connectivity index is 2.29. The molecule has 3 aromatic rings. The van der Waals surface area contributed by atoms with Gasteiger partial charge in [0.2, 0.25) is 0 Å². The lowest BCUT2D eigenvalue weighted by Gasteiger charge is -2.03. The molecule has 2 aromatic heterocycles. The molecule has 0 aliphatic rings. The molecule has 1 aromatic carbocycles. The quantitative estimate of drug-likeness (QED) is 0.719.